The minimum absolute atomic E-state index is 0.194. The number of anilines is 1. The van der Waals surface area contributed by atoms with E-state index in [0.29, 0.717) is 18.7 Å². The van der Waals surface area contributed by atoms with E-state index in [1.54, 1.807) is 19.0 Å². The van der Waals surface area contributed by atoms with Crippen molar-refractivity contribution in [2.24, 2.45) is 17.3 Å². The standard InChI is InChI=1S/C31H40F3N3O4/c1-30(2,3)23-25(29(39)40)37(28(38)20-14-10-7-11-15-20)24(19-12-8-6-9-13-19)26(23)41-18-21-16-22(31(32,33)34)17-35-27(21)36(4)5/h6,8-9,12-13,16-17,20,23-26H,7,10-11,14-15,18H2,1-5H3,(H,39,40)/t23-,24?,25+,26+/m0/s1. The second-order valence-corrected chi connectivity index (χ2v) is 12.5. The molecule has 2 aliphatic rings. The molecule has 1 unspecified atom stereocenters. The Hall–Kier alpha value is -3.14. The molecule has 10 heteroatoms. The van der Waals surface area contributed by atoms with Crippen molar-refractivity contribution in [3.05, 3.63) is 59.3 Å². The Morgan fingerprint density at radius 2 is 1.71 bits per heavy atom. The molecule has 1 aromatic carbocycles. The quantitative estimate of drug-likeness (QED) is 0.416. The number of carboxylic acids is 1. The summed E-state index contributed by atoms with van der Waals surface area (Å²) in [4.78, 5) is 34.3. The lowest BCUT2D eigenvalue weighted by atomic mass is 9.73. The van der Waals surface area contributed by atoms with Crippen molar-refractivity contribution in [3.63, 3.8) is 0 Å². The number of aromatic nitrogens is 1. The predicted molar refractivity (Wildman–Crippen MR) is 149 cm³/mol. The summed E-state index contributed by atoms with van der Waals surface area (Å²) in [7, 11) is 3.37. The van der Waals surface area contributed by atoms with E-state index < -0.39 is 47.2 Å². The first-order valence-electron chi connectivity index (χ1n) is 14.2. The molecule has 1 saturated carbocycles. The molecule has 1 aliphatic carbocycles. The van der Waals surface area contributed by atoms with Gasteiger partial charge < -0.3 is 19.6 Å². The number of amides is 1. The number of aliphatic carboxylic acids is 1. The highest BCUT2D eigenvalue weighted by Gasteiger charge is 2.59. The highest BCUT2D eigenvalue weighted by molar-refractivity contribution is 5.87. The third-order valence-electron chi connectivity index (χ3n) is 8.33. The summed E-state index contributed by atoms with van der Waals surface area (Å²) in [6.07, 6.45) is -0.303. The molecular weight excluding hydrogens is 535 g/mol. The molecule has 7 nitrogen and oxygen atoms in total. The average Bonchev–Trinajstić information content (AvgIpc) is 3.28. The minimum atomic E-state index is -4.59. The second kappa shape index (κ2) is 12.0. The predicted octanol–water partition coefficient (Wildman–Crippen LogP) is 6.33. The van der Waals surface area contributed by atoms with Gasteiger partial charge in [-0.2, -0.15) is 13.2 Å². The van der Waals surface area contributed by atoms with Crippen LogP contribution in [0.25, 0.3) is 0 Å². The largest absolute Gasteiger partial charge is 0.480 e. The Morgan fingerprint density at radius 1 is 1.07 bits per heavy atom. The van der Waals surface area contributed by atoms with Gasteiger partial charge in [0.2, 0.25) is 5.91 Å². The smallest absolute Gasteiger partial charge is 0.417 e. The first-order chi connectivity index (χ1) is 19.2. The number of pyridine rings is 1. The molecular formula is C31H40F3N3O4. The Morgan fingerprint density at radius 3 is 2.24 bits per heavy atom. The molecule has 0 spiro atoms. The van der Waals surface area contributed by atoms with Crippen molar-refractivity contribution < 1.29 is 32.6 Å². The zero-order chi connectivity index (χ0) is 30.1. The summed E-state index contributed by atoms with van der Waals surface area (Å²) in [5, 5.41) is 10.6. The van der Waals surface area contributed by atoms with Gasteiger partial charge in [-0.15, -0.1) is 0 Å². The number of carbonyl (C=O) groups excluding carboxylic acids is 1. The van der Waals surface area contributed by atoms with E-state index in [1.807, 2.05) is 51.1 Å². The first kappa shape index (κ1) is 30.8. The molecule has 0 radical (unpaired) electrons. The number of rotatable bonds is 7. The van der Waals surface area contributed by atoms with Crippen molar-refractivity contribution >= 4 is 17.7 Å². The summed E-state index contributed by atoms with van der Waals surface area (Å²) < 4.78 is 47.3. The molecule has 2 aromatic rings. The molecule has 0 bridgehead atoms. The van der Waals surface area contributed by atoms with Crippen molar-refractivity contribution in [2.75, 3.05) is 19.0 Å². The van der Waals surface area contributed by atoms with Crippen LogP contribution >= 0.6 is 0 Å². The van der Waals surface area contributed by atoms with Gasteiger partial charge in [-0.05, 0) is 29.9 Å². The Kier molecular flexibility index (Phi) is 9.01. The van der Waals surface area contributed by atoms with Crippen LogP contribution in [0.3, 0.4) is 0 Å². The van der Waals surface area contributed by atoms with Crippen LogP contribution in [-0.4, -0.2) is 53.1 Å². The molecule has 1 aliphatic heterocycles. The van der Waals surface area contributed by atoms with Crippen LogP contribution in [0.4, 0.5) is 19.0 Å². The van der Waals surface area contributed by atoms with Gasteiger partial charge in [-0.1, -0.05) is 70.4 Å². The van der Waals surface area contributed by atoms with Crippen molar-refractivity contribution in [2.45, 2.75) is 83.8 Å². The fraction of sp³-hybridized carbons (Fsp3) is 0.581. The number of alkyl halides is 3. The zero-order valence-electron chi connectivity index (χ0n) is 24.3. The number of ether oxygens (including phenoxy) is 1. The van der Waals surface area contributed by atoms with Crippen LogP contribution in [0.15, 0.2) is 42.6 Å². The molecule has 2 heterocycles. The summed E-state index contributed by atoms with van der Waals surface area (Å²) in [6.45, 7) is 5.51. The van der Waals surface area contributed by atoms with Crippen molar-refractivity contribution in [1.82, 2.24) is 9.88 Å². The van der Waals surface area contributed by atoms with Crippen LogP contribution in [0.2, 0.25) is 0 Å². The molecule has 224 valence electrons. The maximum atomic E-state index is 14.2. The summed E-state index contributed by atoms with van der Waals surface area (Å²) in [5.41, 5.74) is -0.542. The molecule has 1 amide bonds. The Balaban J connectivity index is 1.82. The van der Waals surface area contributed by atoms with Gasteiger partial charge in [0.25, 0.3) is 0 Å². The van der Waals surface area contributed by atoms with E-state index in [0.717, 1.165) is 37.1 Å². The second-order valence-electron chi connectivity index (χ2n) is 12.5. The van der Waals surface area contributed by atoms with E-state index >= 15 is 0 Å². The number of likely N-dealkylation sites (tertiary alicyclic amines) is 1. The SMILES string of the molecule is CN(C)c1ncc(C(F)(F)F)cc1CO[C@H]1C(c2ccccc2)N(C(=O)C2CCCCC2)[C@@H](C(=O)O)[C@@H]1C(C)(C)C. The van der Waals surface area contributed by atoms with Gasteiger partial charge in [0, 0.05) is 37.7 Å². The fourth-order valence-electron chi connectivity index (χ4n) is 6.50. The lowest BCUT2D eigenvalue weighted by Crippen LogP contribution is -2.49. The normalized spacial score (nSPS) is 24.0. The minimum Gasteiger partial charge on any atom is -0.480 e. The zero-order valence-corrected chi connectivity index (χ0v) is 24.3. The molecule has 4 rings (SSSR count). The van der Waals surface area contributed by atoms with Crippen LogP contribution in [0, 0.1) is 17.3 Å². The monoisotopic (exact) mass is 575 g/mol. The lowest BCUT2D eigenvalue weighted by molar-refractivity contribution is -0.154. The van der Waals surface area contributed by atoms with Crippen molar-refractivity contribution in [3.8, 4) is 0 Å². The highest BCUT2D eigenvalue weighted by Crippen LogP contribution is 2.51. The number of hydrogen-bond acceptors (Lipinski definition) is 5. The fourth-order valence-corrected chi connectivity index (χ4v) is 6.50. The van der Waals surface area contributed by atoms with Crippen LogP contribution in [0.5, 0.6) is 0 Å². The lowest BCUT2D eigenvalue weighted by Gasteiger charge is -2.35. The third-order valence-corrected chi connectivity index (χ3v) is 8.33. The maximum Gasteiger partial charge on any atom is 0.417 e. The summed E-state index contributed by atoms with van der Waals surface area (Å²) in [5.74, 6) is -1.90. The van der Waals surface area contributed by atoms with Crippen LogP contribution in [-0.2, 0) is 27.1 Å². The molecule has 1 aromatic heterocycles. The third kappa shape index (κ3) is 6.52. The average molecular weight is 576 g/mol. The first-order valence-corrected chi connectivity index (χ1v) is 14.2. The Labute approximate surface area is 239 Å². The highest BCUT2D eigenvalue weighted by atomic mass is 19.4. The van der Waals surface area contributed by atoms with Gasteiger partial charge in [-0.25, -0.2) is 9.78 Å². The Bertz CT molecular complexity index is 1220. The molecule has 2 fully saturated rings. The number of hydrogen-bond donors (Lipinski definition) is 1. The van der Waals surface area contributed by atoms with Gasteiger partial charge in [0.15, 0.2) is 0 Å². The molecule has 41 heavy (non-hydrogen) atoms. The number of carbonyl (C=O) groups is 2. The topological polar surface area (TPSA) is 83.0 Å². The van der Waals surface area contributed by atoms with E-state index in [4.69, 9.17) is 4.74 Å². The van der Waals surface area contributed by atoms with Crippen LogP contribution in [0.1, 0.15) is 75.6 Å². The maximum absolute atomic E-state index is 14.2. The summed E-state index contributed by atoms with van der Waals surface area (Å²) in [6, 6.07) is 8.35. The summed E-state index contributed by atoms with van der Waals surface area (Å²) >= 11 is 0. The van der Waals surface area contributed by atoms with E-state index in [-0.39, 0.29) is 24.0 Å². The van der Waals surface area contributed by atoms with E-state index in [2.05, 4.69) is 4.98 Å². The number of halogens is 3. The van der Waals surface area contributed by atoms with Gasteiger partial charge in [0.1, 0.15) is 11.9 Å². The van der Waals surface area contributed by atoms with E-state index in [9.17, 15) is 27.9 Å². The van der Waals surface area contributed by atoms with E-state index in [1.165, 1.54) is 4.90 Å². The molecule has 4 atom stereocenters. The molecule has 1 saturated heterocycles. The van der Waals surface area contributed by atoms with Gasteiger partial charge in [-0.3, -0.25) is 4.79 Å². The molecule has 1 N–H and O–H groups in total. The number of carboxylic acid groups (broad SMARTS) is 1. The van der Waals surface area contributed by atoms with Gasteiger partial charge in [0.05, 0.1) is 24.3 Å². The van der Waals surface area contributed by atoms with Gasteiger partial charge >= 0.3 is 12.1 Å². The van der Waals surface area contributed by atoms with Crippen molar-refractivity contribution in [1.29, 1.82) is 0 Å². The number of benzene rings is 1. The number of nitrogens with zero attached hydrogens (tertiary/aromatic N) is 3. The van der Waals surface area contributed by atoms with Crippen LogP contribution < -0.4 is 4.90 Å².